The Morgan fingerprint density at radius 3 is 2.68 bits per heavy atom. The van der Waals surface area contributed by atoms with Gasteiger partial charge in [0, 0.05) is 35.7 Å². The fourth-order valence-electron chi connectivity index (χ4n) is 4.65. The molecule has 2 aliphatic carbocycles. The fourth-order valence-corrected chi connectivity index (χ4v) is 5.68. The van der Waals surface area contributed by atoms with E-state index in [9.17, 15) is 13.2 Å². The highest BCUT2D eigenvalue weighted by Gasteiger charge is 2.44. The summed E-state index contributed by atoms with van der Waals surface area (Å²) in [6, 6.07) is 11.0. The lowest BCUT2D eigenvalue weighted by Crippen LogP contribution is -2.16. The summed E-state index contributed by atoms with van der Waals surface area (Å²) in [7, 11) is -3.43. The summed E-state index contributed by atoms with van der Waals surface area (Å²) in [6.07, 6.45) is 9.31. The van der Waals surface area contributed by atoms with Crippen LogP contribution >= 0.6 is 11.6 Å². The highest BCUT2D eigenvalue weighted by Crippen LogP contribution is 2.48. The van der Waals surface area contributed by atoms with Crippen molar-refractivity contribution >= 4 is 44.6 Å². The molecule has 2 aliphatic rings. The number of nitrogens with one attached hydrogen (secondary N) is 2. The number of pyridine rings is 1. The Kier molecular flexibility index (Phi) is 5.88. The minimum Gasteiger partial charge on any atom is -0.364 e. The van der Waals surface area contributed by atoms with Crippen LogP contribution in [0.1, 0.15) is 47.9 Å². The Balaban J connectivity index is 1.13. The van der Waals surface area contributed by atoms with Gasteiger partial charge >= 0.3 is 0 Å². The normalized spacial score (nSPS) is 19.1. The van der Waals surface area contributed by atoms with Gasteiger partial charge in [0.1, 0.15) is 22.9 Å². The lowest BCUT2D eigenvalue weighted by Gasteiger charge is -2.07. The van der Waals surface area contributed by atoms with Crippen molar-refractivity contribution in [3.8, 4) is 0 Å². The monoisotopic (exact) mass is 536 g/mol. The smallest absolute Gasteiger partial charge is 0.229 e. The zero-order chi connectivity index (χ0) is 25.7. The van der Waals surface area contributed by atoms with E-state index in [1.54, 1.807) is 16.5 Å². The number of fused-ring (bicyclic) bond motifs is 1. The van der Waals surface area contributed by atoms with Gasteiger partial charge in [-0.1, -0.05) is 23.7 Å². The van der Waals surface area contributed by atoms with Crippen LogP contribution in [-0.2, 0) is 21.2 Å². The summed E-state index contributed by atoms with van der Waals surface area (Å²) in [4.78, 5) is 25.9. The van der Waals surface area contributed by atoms with E-state index >= 15 is 0 Å². The first-order valence-corrected chi connectivity index (χ1v) is 14.4. The quantitative estimate of drug-likeness (QED) is 0.342. The zero-order valence-corrected chi connectivity index (χ0v) is 21.6. The molecule has 6 rings (SSSR count). The highest BCUT2D eigenvalue weighted by molar-refractivity contribution is 7.91. The Labute approximate surface area is 219 Å². The van der Waals surface area contributed by atoms with E-state index in [4.69, 9.17) is 11.6 Å². The van der Waals surface area contributed by atoms with Crippen LogP contribution in [0.3, 0.4) is 0 Å². The van der Waals surface area contributed by atoms with E-state index in [-0.39, 0.29) is 22.6 Å². The van der Waals surface area contributed by atoms with Gasteiger partial charge in [0.25, 0.3) is 0 Å². The number of sulfone groups is 1. The summed E-state index contributed by atoms with van der Waals surface area (Å²) < 4.78 is 26.6. The minimum absolute atomic E-state index is 0.0882. The SMILES string of the molecule is CS(=O)(=O)c1cc(C2CC2)cn2cc(CNc3cc(NC(=O)[C@H]4C[C@@H]4c4cccc(Cl)c4)ncn3)nc12. The molecule has 11 heteroatoms. The van der Waals surface area contributed by atoms with Crippen molar-refractivity contribution in [1.82, 2.24) is 19.4 Å². The van der Waals surface area contributed by atoms with Crippen LogP contribution in [0, 0.1) is 5.92 Å². The molecule has 2 fully saturated rings. The maximum Gasteiger partial charge on any atom is 0.229 e. The van der Waals surface area contributed by atoms with Gasteiger partial charge in [0.2, 0.25) is 5.91 Å². The molecule has 0 spiro atoms. The van der Waals surface area contributed by atoms with Crippen molar-refractivity contribution in [3.63, 3.8) is 0 Å². The first-order valence-electron chi connectivity index (χ1n) is 12.1. The number of anilines is 2. The lowest BCUT2D eigenvalue weighted by molar-refractivity contribution is -0.117. The number of halogens is 1. The second-order valence-corrected chi connectivity index (χ2v) is 12.2. The van der Waals surface area contributed by atoms with Gasteiger partial charge in [-0.05, 0) is 60.4 Å². The number of benzene rings is 1. The van der Waals surface area contributed by atoms with Crippen molar-refractivity contribution < 1.29 is 13.2 Å². The Morgan fingerprint density at radius 2 is 1.92 bits per heavy atom. The molecule has 0 aliphatic heterocycles. The largest absolute Gasteiger partial charge is 0.364 e. The number of aromatic nitrogens is 4. The third kappa shape index (κ3) is 5.17. The Morgan fingerprint density at radius 1 is 1.11 bits per heavy atom. The first kappa shape index (κ1) is 23.9. The highest BCUT2D eigenvalue weighted by atomic mass is 35.5. The third-order valence-corrected chi connectivity index (χ3v) is 8.14. The van der Waals surface area contributed by atoms with Crippen molar-refractivity contribution in [2.45, 2.75) is 42.5 Å². The van der Waals surface area contributed by atoms with Crippen LogP contribution in [-0.4, -0.2) is 39.9 Å². The van der Waals surface area contributed by atoms with Crippen molar-refractivity contribution in [3.05, 3.63) is 77.0 Å². The molecule has 37 heavy (non-hydrogen) atoms. The number of hydrogen-bond acceptors (Lipinski definition) is 7. The van der Waals surface area contributed by atoms with Crippen LogP contribution in [0.4, 0.5) is 11.6 Å². The van der Waals surface area contributed by atoms with Gasteiger partial charge in [-0.2, -0.15) is 0 Å². The third-order valence-electron chi connectivity index (χ3n) is 6.81. The maximum atomic E-state index is 12.7. The van der Waals surface area contributed by atoms with E-state index in [0.29, 0.717) is 40.5 Å². The van der Waals surface area contributed by atoms with Gasteiger partial charge in [0.05, 0.1) is 12.2 Å². The summed E-state index contributed by atoms with van der Waals surface area (Å²) in [5, 5.41) is 6.73. The zero-order valence-electron chi connectivity index (χ0n) is 20.1. The van der Waals surface area contributed by atoms with Crippen LogP contribution in [0.25, 0.3) is 5.65 Å². The van der Waals surface area contributed by atoms with Crippen LogP contribution in [0.15, 0.2) is 60.0 Å². The number of hydrogen-bond donors (Lipinski definition) is 2. The molecular formula is C26H25ClN6O3S. The average Bonchev–Trinajstić information content (AvgIpc) is 3.78. The second-order valence-electron chi connectivity index (χ2n) is 9.78. The molecular weight excluding hydrogens is 512 g/mol. The standard InChI is InChI=1S/C26H25ClN6O3S/c1-37(35,36)22-8-17(15-5-6-15)12-33-13-19(31-25(22)33)11-28-23-10-24(30-14-29-23)32-26(34)21-9-20(21)16-3-2-4-18(27)7-16/h2-4,7-8,10,12-15,20-21H,5-6,9,11H2,1H3,(H2,28,29,30,32,34)/t20-,21+/m1/s1. The van der Waals surface area contributed by atoms with Gasteiger partial charge in [0.15, 0.2) is 15.5 Å². The molecule has 4 aromatic rings. The van der Waals surface area contributed by atoms with Gasteiger partial charge in [-0.15, -0.1) is 0 Å². The molecule has 3 heterocycles. The van der Waals surface area contributed by atoms with Crippen molar-refractivity contribution in [2.75, 3.05) is 16.9 Å². The predicted octanol–water partition coefficient (Wildman–Crippen LogP) is 4.41. The van der Waals surface area contributed by atoms with E-state index < -0.39 is 9.84 Å². The summed E-state index contributed by atoms with van der Waals surface area (Å²) >= 11 is 6.08. The van der Waals surface area contributed by atoms with Crippen molar-refractivity contribution in [2.24, 2.45) is 5.92 Å². The number of amides is 1. The first-order chi connectivity index (χ1) is 17.7. The molecule has 3 aromatic heterocycles. The number of carbonyl (C=O) groups excluding carboxylic acids is 1. The molecule has 1 amide bonds. The molecule has 2 atom stereocenters. The van der Waals surface area contributed by atoms with E-state index in [1.807, 2.05) is 36.7 Å². The second kappa shape index (κ2) is 9.11. The molecule has 0 radical (unpaired) electrons. The number of rotatable bonds is 8. The predicted molar refractivity (Wildman–Crippen MR) is 141 cm³/mol. The number of carbonyl (C=O) groups is 1. The van der Waals surface area contributed by atoms with E-state index in [1.165, 1.54) is 12.6 Å². The fraction of sp³-hybridized carbons (Fsp3) is 0.308. The average molecular weight is 537 g/mol. The van der Waals surface area contributed by atoms with Gasteiger partial charge in [-0.25, -0.2) is 23.4 Å². The summed E-state index contributed by atoms with van der Waals surface area (Å²) in [6.45, 7) is 0.327. The van der Waals surface area contributed by atoms with E-state index in [0.717, 1.165) is 30.4 Å². The van der Waals surface area contributed by atoms with Crippen LogP contribution in [0.2, 0.25) is 5.02 Å². The van der Waals surface area contributed by atoms with Gasteiger partial charge < -0.3 is 15.0 Å². The minimum atomic E-state index is -3.43. The number of nitrogens with zero attached hydrogens (tertiary/aromatic N) is 4. The molecule has 0 bridgehead atoms. The molecule has 2 saturated carbocycles. The topological polar surface area (TPSA) is 118 Å². The lowest BCUT2D eigenvalue weighted by atomic mass is 10.1. The summed E-state index contributed by atoms with van der Waals surface area (Å²) in [5.74, 6) is 1.29. The van der Waals surface area contributed by atoms with Crippen molar-refractivity contribution in [1.29, 1.82) is 0 Å². The Hall–Kier alpha value is -3.50. The molecule has 2 N–H and O–H groups in total. The Bertz CT molecular complexity index is 1630. The van der Waals surface area contributed by atoms with Crippen LogP contribution in [0.5, 0.6) is 0 Å². The molecule has 1 aromatic carbocycles. The van der Waals surface area contributed by atoms with E-state index in [2.05, 4.69) is 25.6 Å². The molecule has 0 saturated heterocycles. The van der Waals surface area contributed by atoms with Crippen LogP contribution < -0.4 is 10.6 Å². The number of imidazole rings is 1. The maximum absolute atomic E-state index is 12.7. The molecule has 0 unspecified atom stereocenters. The molecule has 190 valence electrons. The molecule has 9 nitrogen and oxygen atoms in total. The van der Waals surface area contributed by atoms with Gasteiger partial charge in [-0.3, -0.25) is 4.79 Å². The summed E-state index contributed by atoms with van der Waals surface area (Å²) in [5.41, 5.74) is 3.17.